The topological polar surface area (TPSA) is 95.7 Å². The number of aliphatic hydroxyl groups excluding tert-OH is 1. The minimum Gasteiger partial charge on any atom is -0.391 e. The average molecular weight is 498 g/mol. The Labute approximate surface area is 218 Å². The molecule has 2 amide bonds. The largest absolute Gasteiger partial charge is 0.391 e. The number of amides is 2. The van der Waals surface area contributed by atoms with Gasteiger partial charge in [0.05, 0.1) is 11.5 Å². The molecule has 200 valence electrons. The van der Waals surface area contributed by atoms with E-state index in [1.807, 2.05) is 41.3 Å². The van der Waals surface area contributed by atoms with Crippen LogP contribution in [0.5, 0.6) is 0 Å². The maximum Gasteiger partial charge on any atom is 0.244 e. The Hall–Kier alpha value is -2.44. The van der Waals surface area contributed by atoms with Gasteiger partial charge in [0.2, 0.25) is 11.8 Å². The summed E-state index contributed by atoms with van der Waals surface area (Å²) in [6.07, 6.45) is 7.94. The van der Waals surface area contributed by atoms with Crippen molar-refractivity contribution in [2.45, 2.75) is 72.8 Å². The highest BCUT2D eigenvalue weighted by Crippen LogP contribution is 2.44. The summed E-state index contributed by atoms with van der Waals surface area (Å²) >= 11 is 0. The van der Waals surface area contributed by atoms with Crippen LogP contribution in [-0.2, 0) is 16.0 Å². The van der Waals surface area contributed by atoms with Gasteiger partial charge in [0.1, 0.15) is 0 Å². The van der Waals surface area contributed by atoms with Crippen LogP contribution in [0, 0.1) is 16.7 Å². The van der Waals surface area contributed by atoms with Crippen molar-refractivity contribution in [3.63, 3.8) is 0 Å². The predicted octanol–water partition coefficient (Wildman–Crippen LogP) is 4.24. The average Bonchev–Trinajstić information content (AvgIpc) is 2.84. The second-order valence-corrected chi connectivity index (χ2v) is 11.3. The van der Waals surface area contributed by atoms with Gasteiger partial charge in [0.25, 0.3) is 0 Å². The van der Waals surface area contributed by atoms with Crippen LogP contribution in [0.1, 0.15) is 65.9 Å². The molecule has 0 heterocycles. The summed E-state index contributed by atoms with van der Waals surface area (Å²) in [6, 6.07) is 9.96. The van der Waals surface area contributed by atoms with E-state index in [1.165, 1.54) is 0 Å². The molecule has 6 heteroatoms. The van der Waals surface area contributed by atoms with E-state index in [-0.39, 0.29) is 17.7 Å². The molecule has 1 aromatic rings. The van der Waals surface area contributed by atoms with Gasteiger partial charge >= 0.3 is 0 Å². The van der Waals surface area contributed by atoms with Crippen molar-refractivity contribution >= 4 is 11.8 Å². The monoisotopic (exact) mass is 497 g/mol. The number of carbonyl (C=O) groups excluding carboxylic acids is 2. The van der Waals surface area contributed by atoms with Gasteiger partial charge in [-0.25, -0.2) is 0 Å². The lowest BCUT2D eigenvalue weighted by atomic mass is 9.64. The Morgan fingerprint density at radius 2 is 1.78 bits per heavy atom. The summed E-state index contributed by atoms with van der Waals surface area (Å²) < 4.78 is 0. The van der Waals surface area contributed by atoms with Gasteiger partial charge in [-0.3, -0.25) is 9.59 Å². The number of nitrogens with two attached hydrogens (primary N) is 1. The summed E-state index contributed by atoms with van der Waals surface area (Å²) in [7, 11) is 0. The smallest absolute Gasteiger partial charge is 0.244 e. The van der Waals surface area contributed by atoms with Crippen molar-refractivity contribution in [1.29, 1.82) is 0 Å². The third-order valence-corrected chi connectivity index (χ3v) is 6.99. The first-order valence-corrected chi connectivity index (χ1v) is 13.4. The lowest BCUT2D eigenvalue weighted by molar-refractivity contribution is -0.145. The van der Waals surface area contributed by atoms with Gasteiger partial charge < -0.3 is 21.1 Å². The van der Waals surface area contributed by atoms with E-state index in [1.54, 1.807) is 12.2 Å². The Bertz CT molecular complexity index is 898. The number of benzene rings is 1. The molecule has 4 N–H and O–H groups in total. The Kier molecular flexibility index (Phi) is 11.4. The molecule has 36 heavy (non-hydrogen) atoms. The number of primary amides is 1. The zero-order valence-electron chi connectivity index (χ0n) is 22.9. The highest BCUT2D eigenvalue weighted by Gasteiger charge is 2.49. The van der Waals surface area contributed by atoms with E-state index < -0.39 is 23.3 Å². The molecule has 0 aliphatic heterocycles. The normalized spacial score (nSPS) is 19.4. The van der Waals surface area contributed by atoms with E-state index in [2.05, 4.69) is 39.9 Å². The van der Waals surface area contributed by atoms with E-state index in [9.17, 15) is 14.7 Å². The third kappa shape index (κ3) is 8.31. The molecule has 2 rings (SSSR count). The molecule has 0 aromatic heterocycles. The van der Waals surface area contributed by atoms with Crippen LogP contribution in [0.25, 0.3) is 0 Å². The number of allylic oxidation sites excluding steroid dienone is 2. The lowest BCUT2D eigenvalue weighted by Crippen LogP contribution is -2.54. The number of rotatable bonds is 14. The van der Waals surface area contributed by atoms with Crippen LogP contribution in [0.2, 0.25) is 0 Å². The zero-order chi connectivity index (χ0) is 26.8. The maximum atomic E-state index is 14.3. The van der Waals surface area contributed by atoms with Gasteiger partial charge in [-0.15, -0.1) is 0 Å². The standard InChI is InChI=1S/C30H47N3O3/c1-6-18-33(19-7-2)28(36)30(15-11-14-24(21-30)27(31)35)25(20-23-12-9-8-10-13-23)26(34)22-32-17-16-29(3,4)5/h8-15,25-26,32,34H,6-7,16-22H2,1-5H3,(H2,31,35)/t25-,26+,30?/m1/s1. The molecule has 1 aromatic carbocycles. The Morgan fingerprint density at radius 1 is 1.14 bits per heavy atom. The van der Waals surface area contributed by atoms with Crippen molar-refractivity contribution in [3.05, 3.63) is 59.7 Å². The SMILES string of the molecule is CCCN(CCC)C(=O)C1([C@H](Cc2ccccc2)[C@@H](O)CNCCC(C)(C)C)C=CC=C(C(N)=O)C1. The van der Waals surface area contributed by atoms with Gasteiger partial charge in [0.15, 0.2) is 0 Å². The first kappa shape index (κ1) is 29.8. The number of hydrogen-bond acceptors (Lipinski definition) is 4. The number of nitrogens with one attached hydrogen (secondary N) is 1. The van der Waals surface area contributed by atoms with Crippen LogP contribution in [0.3, 0.4) is 0 Å². The lowest BCUT2D eigenvalue weighted by Gasteiger charge is -2.44. The number of hydrogen-bond donors (Lipinski definition) is 3. The summed E-state index contributed by atoms with van der Waals surface area (Å²) in [5.41, 5.74) is 6.30. The second kappa shape index (κ2) is 13.8. The minimum atomic E-state index is -1.07. The van der Waals surface area contributed by atoms with Crippen molar-refractivity contribution in [2.75, 3.05) is 26.2 Å². The summed E-state index contributed by atoms with van der Waals surface area (Å²) in [4.78, 5) is 28.5. The molecule has 0 saturated heterocycles. The summed E-state index contributed by atoms with van der Waals surface area (Å²) in [6.45, 7) is 13.1. The molecule has 3 atom stereocenters. The maximum absolute atomic E-state index is 14.3. The fourth-order valence-electron chi connectivity index (χ4n) is 5.03. The number of nitrogens with zero attached hydrogens (tertiary/aromatic N) is 1. The molecular formula is C30H47N3O3. The molecule has 0 radical (unpaired) electrons. The molecule has 1 aliphatic rings. The molecule has 0 saturated carbocycles. The van der Waals surface area contributed by atoms with E-state index in [4.69, 9.17) is 5.73 Å². The van der Waals surface area contributed by atoms with Crippen molar-refractivity contribution in [2.24, 2.45) is 22.5 Å². The molecule has 0 fully saturated rings. The van der Waals surface area contributed by atoms with Crippen LogP contribution in [0.4, 0.5) is 0 Å². The fourth-order valence-corrected chi connectivity index (χ4v) is 5.03. The first-order chi connectivity index (χ1) is 17.0. The van der Waals surface area contributed by atoms with E-state index in [0.717, 1.165) is 31.4 Å². The van der Waals surface area contributed by atoms with Crippen molar-refractivity contribution < 1.29 is 14.7 Å². The van der Waals surface area contributed by atoms with Gasteiger partial charge in [-0.2, -0.15) is 0 Å². The Morgan fingerprint density at radius 3 is 2.33 bits per heavy atom. The molecule has 6 nitrogen and oxygen atoms in total. The highest BCUT2D eigenvalue weighted by molar-refractivity contribution is 5.95. The van der Waals surface area contributed by atoms with Crippen molar-refractivity contribution in [1.82, 2.24) is 10.2 Å². The molecule has 0 bridgehead atoms. The highest BCUT2D eigenvalue weighted by atomic mass is 16.3. The predicted molar refractivity (Wildman–Crippen MR) is 147 cm³/mol. The van der Waals surface area contributed by atoms with Crippen LogP contribution in [0.15, 0.2) is 54.1 Å². The minimum absolute atomic E-state index is 0.0380. The van der Waals surface area contributed by atoms with Crippen LogP contribution >= 0.6 is 0 Å². The van der Waals surface area contributed by atoms with Gasteiger partial charge in [-0.05, 0) is 49.6 Å². The summed E-state index contributed by atoms with van der Waals surface area (Å²) in [5.74, 6) is -1.00. The van der Waals surface area contributed by atoms with E-state index >= 15 is 0 Å². The van der Waals surface area contributed by atoms with Crippen molar-refractivity contribution in [3.8, 4) is 0 Å². The van der Waals surface area contributed by atoms with Gasteiger partial charge in [0, 0.05) is 31.1 Å². The fraction of sp³-hybridized carbons (Fsp3) is 0.600. The quantitative estimate of drug-likeness (QED) is 0.335. The Balaban J connectivity index is 2.49. The number of aliphatic hydroxyl groups is 1. The molecular weight excluding hydrogens is 450 g/mol. The number of carbonyl (C=O) groups is 2. The molecule has 1 aliphatic carbocycles. The summed E-state index contributed by atoms with van der Waals surface area (Å²) in [5, 5.41) is 15.0. The molecule has 1 unspecified atom stereocenters. The zero-order valence-corrected chi connectivity index (χ0v) is 22.9. The van der Waals surface area contributed by atoms with Gasteiger partial charge in [-0.1, -0.05) is 83.2 Å². The van der Waals surface area contributed by atoms with Crippen LogP contribution in [-0.4, -0.2) is 54.1 Å². The third-order valence-electron chi connectivity index (χ3n) is 6.99. The first-order valence-electron chi connectivity index (χ1n) is 13.4. The molecule has 0 spiro atoms. The van der Waals surface area contributed by atoms with E-state index in [0.29, 0.717) is 31.6 Å². The second-order valence-electron chi connectivity index (χ2n) is 11.3. The van der Waals surface area contributed by atoms with Crippen LogP contribution < -0.4 is 11.1 Å².